The second-order valence-electron chi connectivity index (χ2n) is 8.63. The third-order valence-electron chi connectivity index (χ3n) is 6.16. The number of ether oxygens (including phenoxy) is 1. The van der Waals surface area contributed by atoms with Crippen LogP contribution in [0.5, 0.6) is 5.88 Å². The van der Waals surface area contributed by atoms with Crippen molar-refractivity contribution in [2.24, 2.45) is 0 Å². The number of pyridine rings is 1. The Bertz CT molecular complexity index is 1420. The number of benzene rings is 1. The van der Waals surface area contributed by atoms with Gasteiger partial charge in [0.25, 0.3) is 0 Å². The van der Waals surface area contributed by atoms with E-state index in [1.54, 1.807) is 30.7 Å². The number of halogens is 3. The monoisotopic (exact) mass is 511 g/mol. The van der Waals surface area contributed by atoms with Gasteiger partial charge in [-0.3, -0.25) is 4.79 Å². The summed E-state index contributed by atoms with van der Waals surface area (Å²) in [6, 6.07) is 8.58. The first kappa shape index (κ1) is 24.5. The van der Waals surface area contributed by atoms with Crippen molar-refractivity contribution in [3.63, 3.8) is 0 Å². The summed E-state index contributed by atoms with van der Waals surface area (Å²) in [5.74, 6) is 1.32. The van der Waals surface area contributed by atoms with Crippen LogP contribution in [-0.4, -0.2) is 55.5 Å². The van der Waals surface area contributed by atoms with Crippen molar-refractivity contribution in [1.82, 2.24) is 29.4 Å². The van der Waals surface area contributed by atoms with E-state index in [4.69, 9.17) is 9.72 Å². The highest BCUT2D eigenvalue weighted by molar-refractivity contribution is 5.85. The molecule has 0 atom stereocenters. The van der Waals surface area contributed by atoms with Gasteiger partial charge in [0.05, 0.1) is 19.0 Å². The van der Waals surface area contributed by atoms with Crippen molar-refractivity contribution in [3.05, 3.63) is 60.0 Å². The van der Waals surface area contributed by atoms with E-state index in [9.17, 15) is 18.0 Å². The van der Waals surface area contributed by atoms with E-state index in [-0.39, 0.29) is 12.5 Å². The number of amides is 1. The molecule has 0 saturated carbocycles. The van der Waals surface area contributed by atoms with Crippen LogP contribution in [0.4, 0.5) is 19.0 Å². The second-order valence-corrected chi connectivity index (χ2v) is 8.63. The van der Waals surface area contributed by atoms with Crippen LogP contribution in [0.25, 0.3) is 22.6 Å². The molecule has 12 heteroatoms. The number of hydrogen-bond donors (Lipinski definition) is 1. The highest BCUT2D eigenvalue weighted by Gasteiger charge is 2.30. The number of nitrogens with one attached hydrogen (secondary N) is 1. The SMILES string of the molecule is COc1ccc(-c2nc(NCc3cccc(C(F)(F)F)c3)c3ncn(CCN4CCCC4=O)c3n2)cn1. The second kappa shape index (κ2) is 10.0. The molecule has 0 bridgehead atoms. The molecule has 1 amide bonds. The minimum atomic E-state index is -4.43. The largest absolute Gasteiger partial charge is 0.481 e. The quantitative estimate of drug-likeness (QED) is 0.380. The summed E-state index contributed by atoms with van der Waals surface area (Å²) in [5.41, 5.74) is 1.38. The number of imidazole rings is 1. The minimum absolute atomic E-state index is 0.103. The van der Waals surface area contributed by atoms with Crippen LogP contribution in [-0.2, 0) is 24.1 Å². The van der Waals surface area contributed by atoms with Crippen LogP contribution in [0, 0.1) is 0 Å². The standard InChI is InChI=1S/C25H24F3N7O2/c1-37-19-8-7-17(14-29-19)22-32-23(30-13-16-4-2-5-18(12-16)25(26,27)28)21-24(33-22)35(15-31-21)11-10-34-9-3-6-20(34)36/h2,4-5,7-8,12,14-15H,3,6,9-11,13H2,1H3,(H,30,32,33). The summed E-state index contributed by atoms with van der Waals surface area (Å²) in [6.45, 7) is 1.85. The van der Waals surface area contributed by atoms with Gasteiger partial charge in [0.2, 0.25) is 11.8 Å². The maximum Gasteiger partial charge on any atom is 0.416 e. The molecule has 0 unspecified atom stereocenters. The maximum atomic E-state index is 13.2. The summed E-state index contributed by atoms with van der Waals surface area (Å²) < 4.78 is 46.4. The van der Waals surface area contributed by atoms with E-state index in [0.717, 1.165) is 25.1 Å². The molecule has 1 fully saturated rings. The van der Waals surface area contributed by atoms with Gasteiger partial charge in [-0.1, -0.05) is 12.1 Å². The minimum Gasteiger partial charge on any atom is -0.481 e. The molecule has 4 aromatic rings. The lowest BCUT2D eigenvalue weighted by Gasteiger charge is -2.16. The van der Waals surface area contributed by atoms with Crippen molar-refractivity contribution in [1.29, 1.82) is 0 Å². The molecule has 37 heavy (non-hydrogen) atoms. The number of rotatable bonds is 8. The van der Waals surface area contributed by atoms with Gasteiger partial charge in [-0.25, -0.2) is 19.9 Å². The summed E-state index contributed by atoms with van der Waals surface area (Å²) in [5, 5.41) is 3.13. The Hall–Kier alpha value is -4.22. The van der Waals surface area contributed by atoms with E-state index in [1.165, 1.54) is 13.2 Å². The third-order valence-corrected chi connectivity index (χ3v) is 6.16. The number of alkyl halides is 3. The van der Waals surface area contributed by atoms with Crippen LogP contribution < -0.4 is 10.1 Å². The highest BCUT2D eigenvalue weighted by atomic mass is 19.4. The zero-order chi connectivity index (χ0) is 26.0. The first-order valence-corrected chi connectivity index (χ1v) is 11.7. The van der Waals surface area contributed by atoms with Gasteiger partial charge < -0.3 is 19.5 Å². The van der Waals surface area contributed by atoms with Crippen LogP contribution in [0.3, 0.4) is 0 Å². The van der Waals surface area contributed by atoms with E-state index < -0.39 is 11.7 Å². The van der Waals surface area contributed by atoms with Gasteiger partial charge in [-0.2, -0.15) is 13.2 Å². The first-order chi connectivity index (χ1) is 17.8. The number of aromatic nitrogens is 5. The third kappa shape index (κ3) is 5.32. The molecule has 3 aromatic heterocycles. The van der Waals surface area contributed by atoms with E-state index in [1.807, 2.05) is 9.47 Å². The molecule has 192 valence electrons. The predicted octanol–water partition coefficient (Wildman–Crippen LogP) is 4.15. The summed E-state index contributed by atoms with van der Waals surface area (Å²) in [4.78, 5) is 31.8. The molecule has 0 spiro atoms. The average Bonchev–Trinajstić information content (AvgIpc) is 3.51. The summed E-state index contributed by atoms with van der Waals surface area (Å²) in [7, 11) is 1.52. The lowest BCUT2D eigenvalue weighted by atomic mass is 10.1. The number of fused-ring (bicyclic) bond motifs is 1. The number of carbonyl (C=O) groups is 1. The molecule has 1 aliphatic rings. The molecule has 0 radical (unpaired) electrons. The number of methoxy groups -OCH3 is 1. The lowest BCUT2D eigenvalue weighted by Crippen LogP contribution is -2.28. The van der Waals surface area contributed by atoms with Crippen LogP contribution in [0.2, 0.25) is 0 Å². The van der Waals surface area contributed by atoms with Crippen molar-refractivity contribution >= 4 is 22.9 Å². The fourth-order valence-electron chi connectivity index (χ4n) is 4.21. The Morgan fingerprint density at radius 2 is 1.97 bits per heavy atom. The van der Waals surface area contributed by atoms with Gasteiger partial charge in [0.1, 0.15) is 5.52 Å². The Balaban J connectivity index is 1.47. The number of carbonyl (C=O) groups excluding carboxylic acids is 1. The first-order valence-electron chi connectivity index (χ1n) is 11.7. The molecule has 1 aliphatic heterocycles. The van der Waals surface area contributed by atoms with E-state index in [2.05, 4.69) is 20.3 Å². The van der Waals surface area contributed by atoms with Gasteiger partial charge in [0.15, 0.2) is 17.3 Å². The van der Waals surface area contributed by atoms with E-state index >= 15 is 0 Å². The zero-order valence-corrected chi connectivity index (χ0v) is 20.0. The smallest absolute Gasteiger partial charge is 0.416 e. The predicted molar refractivity (Wildman–Crippen MR) is 130 cm³/mol. The summed E-state index contributed by atoms with van der Waals surface area (Å²) >= 11 is 0. The molecule has 5 rings (SSSR count). The maximum absolute atomic E-state index is 13.2. The van der Waals surface area contributed by atoms with Crippen LogP contribution in [0.1, 0.15) is 24.0 Å². The van der Waals surface area contributed by atoms with E-state index in [0.29, 0.717) is 59.3 Å². The topological polar surface area (TPSA) is 98.1 Å². The number of likely N-dealkylation sites (tertiary alicyclic amines) is 1. The van der Waals surface area contributed by atoms with Crippen LogP contribution in [0.15, 0.2) is 48.9 Å². The Labute approximate surface area is 210 Å². The summed E-state index contributed by atoms with van der Waals surface area (Å²) in [6.07, 6.45) is 0.197. The molecule has 9 nitrogen and oxygen atoms in total. The number of nitrogens with zero attached hydrogens (tertiary/aromatic N) is 6. The average molecular weight is 512 g/mol. The Kier molecular flexibility index (Phi) is 6.64. The van der Waals surface area contributed by atoms with Gasteiger partial charge >= 0.3 is 6.18 Å². The van der Waals surface area contributed by atoms with Crippen molar-refractivity contribution in [2.75, 3.05) is 25.5 Å². The Morgan fingerprint density at radius 3 is 2.68 bits per heavy atom. The lowest BCUT2D eigenvalue weighted by molar-refractivity contribution is -0.137. The van der Waals surface area contributed by atoms with Crippen molar-refractivity contribution in [2.45, 2.75) is 32.1 Å². The molecule has 1 aromatic carbocycles. The molecular formula is C25H24F3N7O2. The van der Waals surface area contributed by atoms with Crippen molar-refractivity contribution < 1.29 is 22.7 Å². The highest BCUT2D eigenvalue weighted by Crippen LogP contribution is 2.30. The normalized spacial score (nSPS) is 13.9. The zero-order valence-electron chi connectivity index (χ0n) is 20.0. The van der Waals surface area contributed by atoms with Crippen molar-refractivity contribution in [3.8, 4) is 17.3 Å². The van der Waals surface area contributed by atoms with Gasteiger partial charge in [-0.15, -0.1) is 0 Å². The van der Waals surface area contributed by atoms with Gasteiger partial charge in [-0.05, 0) is 30.2 Å². The fourth-order valence-corrected chi connectivity index (χ4v) is 4.21. The number of anilines is 1. The Morgan fingerprint density at radius 1 is 1.11 bits per heavy atom. The van der Waals surface area contributed by atoms with Crippen LogP contribution >= 0.6 is 0 Å². The van der Waals surface area contributed by atoms with Gasteiger partial charge in [0, 0.05) is 50.4 Å². The molecule has 4 heterocycles. The number of hydrogen-bond acceptors (Lipinski definition) is 7. The fraction of sp³-hybridized carbons (Fsp3) is 0.320. The molecule has 1 saturated heterocycles. The molecule has 1 N–H and O–H groups in total. The molecular weight excluding hydrogens is 487 g/mol. The molecule has 0 aliphatic carbocycles.